The molecule has 0 saturated heterocycles. The number of amides is 2. The molecule has 0 spiro atoms. The summed E-state index contributed by atoms with van der Waals surface area (Å²) in [5.41, 5.74) is 4.64. The first-order valence-corrected chi connectivity index (χ1v) is 12.7. The highest BCUT2D eigenvalue weighted by Gasteiger charge is 2.25. The second kappa shape index (κ2) is 12.3. The summed E-state index contributed by atoms with van der Waals surface area (Å²) in [4.78, 5) is 28.1. The fourth-order valence-corrected chi connectivity index (χ4v) is 4.47. The maximum Gasteiger partial charge on any atom is 0.245 e. The number of rotatable bonds is 11. The van der Waals surface area contributed by atoms with Gasteiger partial charge in [0.2, 0.25) is 11.8 Å². The number of unbranched alkanes of at least 4 members (excludes halogenated alkanes) is 1. The van der Waals surface area contributed by atoms with Gasteiger partial charge >= 0.3 is 0 Å². The minimum absolute atomic E-state index is 0.0180. The molecule has 1 heterocycles. The number of anilines is 1. The highest BCUT2D eigenvalue weighted by molar-refractivity contribution is 5.98. The lowest BCUT2D eigenvalue weighted by molar-refractivity contribution is -0.138. The fourth-order valence-electron chi connectivity index (χ4n) is 4.47. The molecule has 1 unspecified atom stereocenters. The highest BCUT2D eigenvalue weighted by atomic mass is 16.2. The van der Waals surface area contributed by atoms with E-state index in [1.54, 1.807) is 9.58 Å². The number of para-hydroxylation sites is 1. The van der Waals surface area contributed by atoms with Crippen molar-refractivity contribution in [1.29, 1.82) is 0 Å². The standard InChI is InChI=1S/C29H38N4O2/c1-6-9-16-23(7-2)29(35)32(8-3)20-26(34)30-28-27(24-17-11-10-12-18-24)22(5)31-33(28)25-19-14-13-15-21(25)4/h10-15,17-19,23H,6-9,16,20H2,1-5H3,(H,30,34). The summed E-state index contributed by atoms with van der Waals surface area (Å²) in [7, 11) is 0. The van der Waals surface area contributed by atoms with Crippen molar-refractivity contribution in [2.75, 3.05) is 18.4 Å². The van der Waals surface area contributed by atoms with Crippen LogP contribution in [0.3, 0.4) is 0 Å². The van der Waals surface area contributed by atoms with Gasteiger partial charge < -0.3 is 10.2 Å². The number of benzene rings is 2. The van der Waals surface area contributed by atoms with E-state index in [1.165, 1.54) is 0 Å². The molecule has 186 valence electrons. The number of hydrogen-bond acceptors (Lipinski definition) is 3. The second-order valence-electron chi connectivity index (χ2n) is 9.02. The normalized spacial score (nSPS) is 11.8. The molecule has 3 rings (SSSR count). The molecule has 0 aliphatic rings. The first kappa shape index (κ1) is 26.2. The Morgan fingerprint density at radius 2 is 1.69 bits per heavy atom. The van der Waals surface area contributed by atoms with Gasteiger partial charge in [0, 0.05) is 18.0 Å². The second-order valence-corrected chi connectivity index (χ2v) is 9.02. The summed E-state index contributed by atoms with van der Waals surface area (Å²) in [6.07, 6.45) is 3.72. The summed E-state index contributed by atoms with van der Waals surface area (Å²) in [6.45, 7) is 10.6. The number of hydrogen-bond donors (Lipinski definition) is 1. The van der Waals surface area contributed by atoms with Gasteiger partial charge in [0.25, 0.3) is 0 Å². The number of nitrogens with zero attached hydrogens (tertiary/aromatic N) is 3. The zero-order chi connectivity index (χ0) is 25.4. The third-order valence-electron chi connectivity index (χ3n) is 6.50. The fraction of sp³-hybridized carbons (Fsp3) is 0.414. The van der Waals surface area contributed by atoms with Crippen LogP contribution in [0.5, 0.6) is 0 Å². The molecule has 2 amide bonds. The monoisotopic (exact) mass is 474 g/mol. The molecule has 0 saturated carbocycles. The molecule has 1 N–H and O–H groups in total. The average molecular weight is 475 g/mol. The van der Waals surface area contributed by atoms with Gasteiger partial charge in [0.05, 0.1) is 17.9 Å². The first-order valence-electron chi connectivity index (χ1n) is 12.7. The summed E-state index contributed by atoms with van der Waals surface area (Å²) in [6, 6.07) is 17.9. The Hall–Kier alpha value is -3.41. The van der Waals surface area contributed by atoms with Gasteiger partial charge in [-0.15, -0.1) is 0 Å². The summed E-state index contributed by atoms with van der Waals surface area (Å²) in [5.74, 6) is 0.416. The molecular formula is C29H38N4O2. The molecule has 0 bridgehead atoms. The third-order valence-corrected chi connectivity index (χ3v) is 6.50. The largest absolute Gasteiger partial charge is 0.333 e. The molecule has 3 aromatic rings. The van der Waals surface area contributed by atoms with Crippen molar-refractivity contribution in [2.45, 2.75) is 60.3 Å². The molecular weight excluding hydrogens is 436 g/mol. The maximum absolute atomic E-state index is 13.3. The number of aromatic nitrogens is 2. The van der Waals surface area contributed by atoms with E-state index >= 15 is 0 Å². The van der Waals surface area contributed by atoms with Crippen LogP contribution in [0.25, 0.3) is 16.8 Å². The van der Waals surface area contributed by atoms with Crippen molar-refractivity contribution in [1.82, 2.24) is 14.7 Å². The van der Waals surface area contributed by atoms with Crippen LogP contribution < -0.4 is 5.32 Å². The maximum atomic E-state index is 13.3. The predicted octanol–water partition coefficient (Wildman–Crippen LogP) is 6.16. The summed E-state index contributed by atoms with van der Waals surface area (Å²) >= 11 is 0. The van der Waals surface area contributed by atoms with Gasteiger partial charge in [0.15, 0.2) is 0 Å². The highest BCUT2D eigenvalue weighted by Crippen LogP contribution is 2.34. The number of likely N-dealkylation sites (N-methyl/N-ethyl adjacent to an activating group) is 1. The van der Waals surface area contributed by atoms with Gasteiger partial charge in [0.1, 0.15) is 5.82 Å². The molecule has 2 aromatic carbocycles. The number of nitrogens with one attached hydrogen (secondary N) is 1. The molecule has 1 atom stereocenters. The van der Waals surface area contributed by atoms with E-state index in [0.717, 1.165) is 53.8 Å². The van der Waals surface area contributed by atoms with Crippen LogP contribution in [0, 0.1) is 19.8 Å². The summed E-state index contributed by atoms with van der Waals surface area (Å²) < 4.78 is 1.80. The van der Waals surface area contributed by atoms with Crippen molar-refractivity contribution in [2.24, 2.45) is 5.92 Å². The van der Waals surface area contributed by atoms with Gasteiger partial charge in [-0.25, -0.2) is 4.68 Å². The van der Waals surface area contributed by atoms with E-state index in [0.29, 0.717) is 12.4 Å². The van der Waals surface area contributed by atoms with E-state index in [4.69, 9.17) is 5.10 Å². The molecule has 0 fully saturated rings. The van der Waals surface area contributed by atoms with Crippen molar-refractivity contribution in [3.8, 4) is 16.8 Å². The van der Waals surface area contributed by atoms with Crippen LogP contribution in [0.15, 0.2) is 54.6 Å². The zero-order valence-electron chi connectivity index (χ0n) is 21.7. The molecule has 6 nitrogen and oxygen atoms in total. The molecule has 0 aliphatic carbocycles. The quantitative estimate of drug-likeness (QED) is 0.362. The van der Waals surface area contributed by atoms with Crippen molar-refractivity contribution < 1.29 is 9.59 Å². The van der Waals surface area contributed by atoms with Crippen molar-refractivity contribution in [3.05, 3.63) is 65.9 Å². The smallest absolute Gasteiger partial charge is 0.245 e. The van der Waals surface area contributed by atoms with E-state index < -0.39 is 0 Å². The van der Waals surface area contributed by atoms with E-state index in [2.05, 4.69) is 12.2 Å². The summed E-state index contributed by atoms with van der Waals surface area (Å²) in [5, 5.41) is 7.91. The molecule has 35 heavy (non-hydrogen) atoms. The Morgan fingerprint density at radius 1 is 1.00 bits per heavy atom. The van der Waals surface area contributed by atoms with E-state index in [9.17, 15) is 9.59 Å². The molecule has 1 aromatic heterocycles. The Bertz CT molecular complexity index is 1140. The predicted molar refractivity (Wildman–Crippen MR) is 143 cm³/mol. The van der Waals surface area contributed by atoms with Crippen LogP contribution >= 0.6 is 0 Å². The molecule has 0 aliphatic heterocycles. The van der Waals surface area contributed by atoms with Crippen LogP contribution in [0.4, 0.5) is 5.82 Å². The minimum Gasteiger partial charge on any atom is -0.333 e. The van der Waals surface area contributed by atoms with Gasteiger partial charge in [-0.05, 0) is 50.8 Å². The zero-order valence-corrected chi connectivity index (χ0v) is 21.7. The average Bonchev–Trinajstić information content (AvgIpc) is 3.18. The Balaban J connectivity index is 1.94. The molecule has 6 heteroatoms. The van der Waals surface area contributed by atoms with Crippen molar-refractivity contribution >= 4 is 17.6 Å². The molecule has 0 radical (unpaired) electrons. The first-order chi connectivity index (χ1) is 16.9. The van der Waals surface area contributed by atoms with Crippen LogP contribution in [-0.2, 0) is 9.59 Å². The van der Waals surface area contributed by atoms with Crippen LogP contribution in [0.2, 0.25) is 0 Å². The van der Waals surface area contributed by atoms with Crippen LogP contribution in [-0.4, -0.2) is 39.6 Å². The lowest BCUT2D eigenvalue weighted by atomic mass is 9.97. The third kappa shape index (κ3) is 6.18. The van der Waals surface area contributed by atoms with E-state index in [1.807, 2.05) is 82.3 Å². The Morgan fingerprint density at radius 3 is 2.31 bits per heavy atom. The number of carbonyl (C=O) groups excluding carboxylic acids is 2. The van der Waals surface area contributed by atoms with Crippen LogP contribution in [0.1, 0.15) is 57.7 Å². The van der Waals surface area contributed by atoms with Gasteiger partial charge in [-0.3, -0.25) is 9.59 Å². The lowest BCUT2D eigenvalue weighted by Crippen LogP contribution is -2.41. The topological polar surface area (TPSA) is 67.2 Å². The number of carbonyl (C=O) groups is 2. The Labute approximate surface area is 209 Å². The van der Waals surface area contributed by atoms with Gasteiger partial charge in [-0.2, -0.15) is 5.10 Å². The van der Waals surface area contributed by atoms with Gasteiger partial charge in [-0.1, -0.05) is 75.2 Å². The minimum atomic E-state index is -0.225. The van der Waals surface area contributed by atoms with Crippen molar-refractivity contribution in [3.63, 3.8) is 0 Å². The van der Waals surface area contributed by atoms with E-state index in [-0.39, 0.29) is 24.3 Å². The Kier molecular flexibility index (Phi) is 9.24. The SMILES string of the molecule is CCCCC(CC)C(=O)N(CC)CC(=O)Nc1c(-c2ccccc2)c(C)nn1-c1ccccc1C. The number of aryl methyl sites for hydroxylation is 2. The lowest BCUT2D eigenvalue weighted by Gasteiger charge is -2.25.